The van der Waals surface area contributed by atoms with Crippen LogP contribution in [0.2, 0.25) is 0 Å². The highest BCUT2D eigenvalue weighted by Crippen LogP contribution is 2.50. The summed E-state index contributed by atoms with van der Waals surface area (Å²) < 4.78 is 9.02. The third-order valence-corrected chi connectivity index (χ3v) is 16.7. The van der Waals surface area contributed by atoms with Gasteiger partial charge in [-0.3, -0.25) is 0 Å². The third-order valence-electron chi connectivity index (χ3n) is 15.6. The lowest BCUT2D eigenvalue weighted by atomic mass is 9.33. The molecule has 4 heterocycles. The molecular weight excluding hydrogens is 918 g/mol. The predicted octanol–water partition coefficient (Wildman–Crippen LogP) is 17.8. The van der Waals surface area contributed by atoms with E-state index in [1.165, 1.54) is 70.3 Å². The second-order valence-corrected chi connectivity index (χ2v) is 23.2. The van der Waals surface area contributed by atoms with Crippen molar-refractivity contribution in [2.75, 3.05) is 14.7 Å². The molecule has 74 heavy (non-hydrogen) atoms. The maximum atomic E-state index is 6.41. The summed E-state index contributed by atoms with van der Waals surface area (Å²) in [5, 5.41) is 4.79. The molecule has 2 aromatic heterocycles. The van der Waals surface area contributed by atoms with Gasteiger partial charge in [-0.15, -0.1) is 11.3 Å². The van der Waals surface area contributed by atoms with Gasteiger partial charge in [0.25, 0.3) is 6.71 Å². The number of furan rings is 1. The van der Waals surface area contributed by atoms with Gasteiger partial charge in [0, 0.05) is 71.7 Å². The monoisotopic (exact) mass is 971 g/mol. The van der Waals surface area contributed by atoms with Gasteiger partial charge in [-0.1, -0.05) is 169 Å². The lowest BCUT2D eigenvalue weighted by Crippen LogP contribution is -2.61. The zero-order valence-corrected chi connectivity index (χ0v) is 43.3. The summed E-state index contributed by atoms with van der Waals surface area (Å²) in [7, 11) is 0. The molecule has 6 heteroatoms. The highest BCUT2D eigenvalue weighted by Gasteiger charge is 2.44. The zero-order chi connectivity index (χ0) is 50.0. The third kappa shape index (κ3) is 7.03. The smallest absolute Gasteiger partial charge is 0.252 e. The first kappa shape index (κ1) is 44.4. The van der Waals surface area contributed by atoms with Crippen LogP contribution in [-0.4, -0.2) is 6.71 Å². The molecule has 0 radical (unpaired) electrons. The van der Waals surface area contributed by atoms with Crippen molar-refractivity contribution in [3.63, 3.8) is 0 Å². The molecular formula is C68H54BN3OS. The maximum Gasteiger partial charge on any atom is 0.252 e. The van der Waals surface area contributed by atoms with Gasteiger partial charge >= 0.3 is 0 Å². The molecule has 12 aromatic rings. The summed E-state index contributed by atoms with van der Waals surface area (Å²) in [6.07, 6.45) is 0. The molecule has 10 aromatic carbocycles. The number of benzene rings is 10. The average Bonchev–Trinajstić information content (AvgIpc) is 4.01. The number of hydrogen-bond acceptors (Lipinski definition) is 5. The largest absolute Gasteiger partial charge is 0.456 e. The Morgan fingerprint density at radius 1 is 0.419 bits per heavy atom. The van der Waals surface area contributed by atoms with Crippen LogP contribution in [0.15, 0.2) is 223 Å². The van der Waals surface area contributed by atoms with E-state index in [1.54, 1.807) is 0 Å². The first-order valence-electron chi connectivity index (χ1n) is 25.9. The Hall–Kier alpha value is -8.32. The van der Waals surface area contributed by atoms with Crippen molar-refractivity contribution in [2.45, 2.75) is 52.4 Å². The number of anilines is 9. The van der Waals surface area contributed by atoms with Crippen LogP contribution in [-0.2, 0) is 10.8 Å². The summed E-state index contributed by atoms with van der Waals surface area (Å²) >= 11 is 1.91. The van der Waals surface area contributed by atoms with Gasteiger partial charge in [0.05, 0.1) is 10.4 Å². The SMILES string of the molecule is CC(C)(C)c1ccc(N2c3cc(N(c4cccc(-c5ccccc5)c4)c4ccc5oc6ccccc6c5c4)ccc3B3c4ccc5c(sc6ccccc65)c4N(c4ccc(C(C)(C)C)cc4)c4cccc2c43)cc1. The van der Waals surface area contributed by atoms with Crippen molar-refractivity contribution in [3.8, 4) is 11.1 Å². The lowest BCUT2D eigenvalue weighted by molar-refractivity contribution is 0.590. The summed E-state index contributed by atoms with van der Waals surface area (Å²) in [6.45, 7) is 13.7. The Morgan fingerprint density at radius 3 is 1.74 bits per heavy atom. The molecule has 0 fully saturated rings. The molecule has 0 saturated carbocycles. The van der Waals surface area contributed by atoms with Crippen molar-refractivity contribution in [1.29, 1.82) is 0 Å². The standard InChI is InChI=1S/C68H54BN3OS/c1-67(2,3)45-26-30-47(31-27-45)71-58-22-15-23-59-64(58)69(57-38-36-54-53-21-11-13-25-63(53)74-66(54)65(57)72(59)48-32-28-46(29-33-48)68(4,5)6)56-37-34-51(42-60(56)71)70(49-19-14-18-44(40-49)43-16-8-7-9-17-43)50-35-39-62-55(41-50)52-20-10-12-24-61(52)73-62/h7-42H,1-6H3. The Kier molecular flexibility index (Phi) is 9.96. The van der Waals surface area contributed by atoms with E-state index in [4.69, 9.17) is 4.42 Å². The fourth-order valence-corrected chi connectivity index (χ4v) is 13.1. The molecule has 0 unspecified atom stereocenters. The van der Waals surface area contributed by atoms with Crippen LogP contribution in [0.25, 0.3) is 53.2 Å². The van der Waals surface area contributed by atoms with Crippen LogP contribution in [0, 0.1) is 0 Å². The first-order chi connectivity index (χ1) is 36.0. The second-order valence-electron chi connectivity index (χ2n) is 22.2. The minimum atomic E-state index is -0.0476. The Bertz CT molecular complexity index is 4180. The molecule has 0 aliphatic carbocycles. The molecule has 14 rings (SSSR count). The minimum Gasteiger partial charge on any atom is -0.456 e. The number of rotatable bonds is 6. The van der Waals surface area contributed by atoms with E-state index >= 15 is 0 Å². The highest BCUT2D eigenvalue weighted by atomic mass is 32.1. The van der Waals surface area contributed by atoms with Crippen LogP contribution in [0.5, 0.6) is 0 Å². The Balaban J connectivity index is 1.04. The van der Waals surface area contributed by atoms with E-state index in [1.807, 2.05) is 17.4 Å². The van der Waals surface area contributed by atoms with Gasteiger partial charge in [-0.05, 0) is 140 Å². The average molecular weight is 972 g/mol. The van der Waals surface area contributed by atoms with Gasteiger partial charge in [-0.25, -0.2) is 0 Å². The van der Waals surface area contributed by atoms with E-state index in [0.29, 0.717) is 0 Å². The van der Waals surface area contributed by atoms with E-state index in [-0.39, 0.29) is 17.5 Å². The number of para-hydroxylation sites is 1. The zero-order valence-electron chi connectivity index (χ0n) is 42.5. The Morgan fingerprint density at radius 2 is 1.00 bits per heavy atom. The maximum absolute atomic E-state index is 6.41. The fourth-order valence-electron chi connectivity index (χ4n) is 11.8. The topological polar surface area (TPSA) is 22.9 Å². The fraction of sp³-hybridized carbons (Fsp3) is 0.118. The number of thiophene rings is 1. The first-order valence-corrected chi connectivity index (χ1v) is 26.7. The molecule has 0 amide bonds. The van der Waals surface area contributed by atoms with Gasteiger partial charge in [0.15, 0.2) is 0 Å². The van der Waals surface area contributed by atoms with Crippen molar-refractivity contribution < 1.29 is 4.42 Å². The Labute approximate surface area is 437 Å². The van der Waals surface area contributed by atoms with Gasteiger partial charge in [0.2, 0.25) is 0 Å². The van der Waals surface area contributed by atoms with E-state index in [9.17, 15) is 0 Å². The van der Waals surface area contributed by atoms with Crippen LogP contribution < -0.4 is 31.1 Å². The van der Waals surface area contributed by atoms with E-state index < -0.39 is 0 Å². The highest BCUT2D eigenvalue weighted by molar-refractivity contribution is 7.26. The summed E-state index contributed by atoms with van der Waals surface area (Å²) in [5.41, 5.74) is 20.9. The van der Waals surface area contributed by atoms with Crippen LogP contribution in [0.1, 0.15) is 52.7 Å². The quantitative estimate of drug-likeness (QED) is 0.155. The second kappa shape index (κ2) is 16.6. The van der Waals surface area contributed by atoms with Crippen LogP contribution in [0.4, 0.5) is 51.2 Å². The summed E-state index contributed by atoms with van der Waals surface area (Å²) in [5.74, 6) is 0. The van der Waals surface area contributed by atoms with Crippen molar-refractivity contribution in [3.05, 3.63) is 230 Å². The van der Waals surface area contributed by atoms with Crippen LogP contribution >= 0.6 is 11.3 Å². The van der Waals surface area contributed by atoms with E-state index in [2.05, 4.69) is 269 Å². The van der Waals surface area contributed by atoms with Gasteiger partial charge < -0.3 is 19.1 Å². The normalized spacial score (nSPS) is 13.2. The molecule has 0 bridgehead atoms. The predicted molar refractivity (Wildman–Crippen MR) is 318 cm³/mol. The van der Waals surface area contributed by atoms with Crippen LogP contribution in [0.3, 0.4) is 0 Å². The molecule has 2 aliphatic heterocycles. The molecule has 0 N–H and O–H groups in total. The molecule has 0 spiro atoms. The van der Waals surface area contributed by atoms with Crippen molar-refractivity contribution in [2.24, 2.45) is 0 Å². The molecule has 0 saturated heterocycles. The number of fused-ring (bicyclic) bond motifs is 11. The van der Waals surface area contributed by atoms with Gasteiger partial charge in [-0.2, -0.15) is 0 Å². The number of nitrogens with zero attached hydrogens (tertiary/aromatic N) is 3. The summed E-state index contributed by atoms with van der Waals surface area (Å²) in [6, 6.07) is 81.3. The summed E-state index contributed by atoms with van der Waals surface area (Å²) in [4.78, 5) is 7.54. The van der Waals surface area contributed by atoms with Gasteiger partial charge in [0.1, 0.15) is 11.2 Å². The van der Waals surface area contributed by atoms with E-state index in [0.717, 1.165) is 61.6 Å². The lowest BCUT2D eigenvalue weighted by Gasteiger charge is -2.44. The number of hydrogen-bond donors (Lipinski definition) is 0. The molecule has 4 nitrogen and oxygen atoms in total. The molecule has 0 atom stereocenters. The molecule has 2 aliphatic rings. The molecule has 356 valence electrons. The van der Waals surface area contributed by atoms with Crippen molar-refractivity contribution >= 4 is 128 Å². The minimum absolute atomic E-state index is 0.00337. The van der Waals surface area contributed by atoms with Crippen molar-refractivity contribution in [1.82, 2.24) is 0 Å².